The second-order valence-corrected chi connectivity index (χ2v) is 8.58. The summed E-state index contributed by atoms with van der Waals surface area (Å²) in [5, 5.41) is 22.3. The molecule has 0 spiro atoms. The van der Waals surface area contributed by atoms with Crippen LogP contribution >= 0.6 is 7.60 Å². The quantitative estimate of drug-likeness (QED) is 0.176. The van der Waals surface area contributed by atoms with Crippen LogP contribution in [0.25, 0.3) is 0 Å². The largest absolute Gasteiger partial charge is 0.481 e. The van der Waals surface area contributed by atoms with E-state index in [1.807, 2.05) is 0 Å². The SMILES string of the molecule is CC(C)C[C@H](NC(=O)[C@H](CCP(=O)(O)O)NC(=O)[C@@H](N)CCC(=O)O)C(=O)O. The normalized spacial score (nSPS) is 14.8. The summed E-state index contributed by atoms with van der Waals surface area (Å²) in [4.78, 5) is 64.3. The molecule has 0 fully saturated rings. The Morgan fingerprint density at radius 2 is 1.50 bits per heavy atom. The van der Waals surface area contributed by atoms with Crippen molar-refractivity contribution in [3.8, 4) is 0 Å². The summed E-state index contributed by atoms with van der Waals surface area (Å²) < 4.78 is 11.1. The Labute approximate surface area is 162 Å². The van der Waals surface area contributed by atoms with Gasteiger partial charge in [0.05, 0.1) is 12.2 Å². The summed E-state index contributed by atoms with van der Waals surface area (Å²) in [6.07, 6.45) is -1.67. The number of nitrogens with two attached hydrogens (primary N) is 1. The summed E-state index contributed by atoms with van der Waals surface area (Å²) in [6, 6.07) is -3.94. The Morgan fingerprint density at radius 3 is 1.93 bits per heavy atom. The zero-order valence-electron chi connectivity index (χ0n) is 15.7. The fourth-order valence-electron chi connectivity index (χ4n) is 2.22. The molecule has 28 heavy (non-hydrogen) atoms. The standard InChI is InChI=1S/C15H28N3O9P/c1-8(2)7-11(15(23)24)18-14(22)10(5-6-28(25,26)27)17-13(21)9(16)3-4-12(19)20/h8-11H,3-7,16H2,1-2H3,(H,17,21)(H,18,22)(H,19,20)(H,23,24)(H2,25,26,27)/t9-,10-,11-/m0/s1. The number of amides is 2. The van der Waals surface area contributed by atoms with Gasteiger partial charge in [-0.3, -0.25) is 18.9 Å². The highest BCUT2D eigenvalue weighted by atomic mass is 31.2. The maximum Gasteiger partial charge on any atom is 0.326 e. The number of carbonyl (C=O) groups excluding carboxylic acids is 2. The number of hydrogen-bond donors (Lipinski definition) is 7. The van der Waals surface area contributed by atoms with Crippen LogP contribution in [-0.4, -0.2) is 68.0 Å². The van der Waals surface area contributed by atoms with Gasteiger partial charge in [-0.05, 0) is 25.2 Å². The van der Waals surface area contributed by atoms with Crippen molar-refractivity contribution in [2.45, 2.75) is 57.7 Å². The summed E-state index contributed by atoms with van der Waals surface area (Å²) in [6.45, 7) is 3.49. The molecule has 12 nitrogen and oxygen atoms in total. The molecule has 0 heterocycles. The van der Waals surface area contributed by atoms with Gasteiger partial charge in [0.2, 0.25) is 11.8 Å². The lowest BCUT2D eigenvalue weighted by atomic mass is 10.0. The van der Waals surface area contributed by atoms with Gasteiger partial charge in [0, 0.05) is 6.42 Å². The second-order valence-electron chi connectivity index (χ2n) is 6.81. The van der Waals surface area contributed by atoms with Gasteiger partial charge in [0.25, 0.3) is 0 Å². The van der Waals surface area contributed by atoms with Crippen LogP contribution in [-0.2, 0) is 23.7 Å². The van der Waals surface area contributed by atoms with Crippen molar-refractivity contribution in [2.24, 2.45) is 11.7 Å². The number of nitrogens with one attached hydrogen (secondary N) is 2. The number of carboxylic acids is 2. The van der Waals surface area contributed by atoms with E-state index in [1.165, 1.54) is 0 Å². The summed E-state index contributed by atoms with van der Waals surface area (Å²) in [5.41, 5.74) is 5.56. The highest BCUT2D eigenvalue weighted by molar-refractivity contribution is 7.51. The first kappa shape index (κ1) is 26.0. The van der Waals surface area contributed by atoms with Crippen LogP contribution in [0.4, 0.5) is 0 Å². The molecule has 0 bridgehead atoms. The number of rotatable bonds is 13. The summed E-state index contributed by atoms with van der Waals surface area (Å²) in [7, 11) is -4.48. The number of carboxylic acid groups (broad SMARTS) is 2. The average molecular weight is 425 g/mol. The van der Waals surface area contributed by atoms with E-state index in [1.54, 1.807) is 13.8 Å². The molecule has 0 unspecified atom stereocenters. The van der Waals surface area contributed by atoms with Crippen LogP contribution in [0.5, 0.6) is 0 Å². The minimum absolute atomic E-state index is 0.0611. The van der Waals surface area contributed by atoms with E-state index in [9.17, 15) is 28.8 Å². The Balaban J connectivity index is 5.19. The van der Waals surface area contributed by atoms with Crippen LogP contribution < -0.4 is 16.4 Å². The van der Waals surface area contributed by atoms with Crippen molar-refractivity contribution in [3.05, 3.63) is 0 Å². The maximum atomic E-state index is 12.4. The van der Waals surface area contributed by atoms with E-state index in [4.69, 9.17) is 20.6 Å². The molecule has 8 N–H and O–H groups in total. The van der Waals surface area contributed by atoms with E-state index in [2.05, 4.69) is 10.6 Å². The lowest BCUT2D eigenvalue weighted by Gasteiger charge is -2.23. The molecule has 0 aromatic heterocycles. The van der Waals surface area contributed by atoms with Gasteiger partial charge >= 0.3 is 19.5 Å². The van der Waals surface area contributed by atoms with Crippen molar-refractivity contribution in [1.29, 1.82) is 0 Å². The van der Waals surface area contributed by atoms with Gasteiger partial charge in [-0.1, -0.05) is 13.8 Å². The summed E-state index contributed by atoms with van der Waals surface area (Å²) >= 11 is 0. The number of carbonyl (C=O) groups is 4. The van der Waals surface area contributed by atoms with Crippen LogP contribution in [0.3, 0.4) is 0 Å². The monoisotopic (exact) mass is 425 g/mol. The Kier molecular flexibility index (Phi) is 10.9. The highest BCUT2D eigenvalue weighted by Gasteiger charge is 2.30. The van der Waals surface area contributed by atoms with Gasteiger partial charge < -0.3 is 36.4 Å². The maximum absolute atomic E-state index is 12.4. The minimum Gasteiger partial charge on any atom is -0.481 e. The average Bonchev–Trinajstić information content (AvgIpc) is 2.53. The Bertz CT molecular complexity index is 620. The predicted octanol–water partition coefficient (Wildman–Crippen LogP) is -1.15. The van der Waals surface area contributed by atoms with Crippen molar-refractivity contribution < 1.29 is 43.7 Å². The Hall–Kier alpha value is -2.01. The molecule has 0 aliphatic carbocycles. The molecule has 0 aromatic carbocycles. The first-order valence-electron chi connectivity index (χ1n) is 8.58. The highest BCUT2D eigenvalue weighted by Crippen LogP contribution is 2.35. The first-order valence-corrected chi connectivity index (χ1v) is 10.4. The van der Waals surface area contributed by atoms with Crippen molar-refractivity contribution in [1.82, 2.24) is 10.6 Å². The number of aliphatic carboxylic acids is 2. The minimum atomic E-state index is -4.48. The van der Waals surface area contributed by atoms with E-state index < -0.39 is 62.1 Å². The van der Waals surface area contributed by atoms with Crippen molar-refractivity contribution in [3.63, 3.8) is 0 Å². The zero-order chi connectivity index (χ0) is 22.1. The lowest BCUT2D eigenvalue weighted by molar-refractivity contribution is -0.142. The van der Waals surface area contributed by atoms with E-state index in [0.29, 0.717) is 0 Å². The van der Waals surface area contributed by atoms with E-state index in [0.717, 1.165) is 0 Å². The molecular weight excluding hydrogens is 397 g/mol. The summed E-state index contributed by atoms with van der Waals surface area (Å²) in [5.74, 6) is -4.34. The predicted molar refractivity (Wildman–Crippen MR) is 97.3 cm³/mol. The van der Waals surface area contributed by atoms with Crippen LogP contribution in [0, 0.1) is 5.92 Å². The molecule has 0 radical (unpaired) electrons. The third-order valence-electron chi connectivity index (χ3n) is 3.67. The third-order valence-corrected chi connectivity index (χ3v) is 4.51. The van der Waals surface area contributed by atoms with Gasteiger partial charge in [-0.25, -0.2) is 4.79 Å². The first-order chi connectivity index (χ1) is 12.7. The molecule has 0 aliphatic heterocycles. The molecule has 0 saturated heterocycles. The molecule has 0 aromatic rings. The fourth-order valence-corrected chi connectivity index (χ4v) is 2.81. The van der Waals surface area contributed by atoms with Crippen molar-refractivity contribution in [2.75, 3.05) is 6.16 Å². The van der Waals surface area contributed by atoms with E-state index in [-0.39, 0.29) is 25.2 Å². The van der Waals surface area contributed by atoms with Crippen LogP contribution in [0.2, 0.25) is 0 Å². The zero-order valence-corrected chi connectivity index (χ0v) is 16.6. The molecule has 162 valence electrons. The molecule has 3 atom stereocenters. The van der Waals surface area contributed by atoms with E-state index >= 15 is 0 Å². The van der Waals surface area contributed by atoms with Crippen molar-refractivity contribution >= 4 is 31.3 Å². The van der Waals surface area contributed by atoms with Gasteiger partial charge in [-0.2, -0.15) is 0 Å². The molecule has 0 rings (SSSR count). The topological polar surface area (TPSA) is 216 Å². The van der Waals surface area contributed by atoms with Gasteiger partial charge in [-0.15, -0.1) is 0 Å². The molecule has 0 aliphatic rings. The fraction of sp³-hybridized carbons (Fsp3) is 0.733. The van der Waals surface area contributed by atoms with Crippen LogP contribution in [0.1, 0.15) is 39.5 Å². The van der Waals surface area contributed by atoms with Gasteiger partial charge in [0.1, 0.15) is 12.1 Å². The molecular formula is C15H28N3O9P. The molecule has 2 amide bonds. The third kappa shape index (κ3) is 11.7. The second kappa shape index (κ2) is 11.7. The van der Waals surface area contributed by atoms with Crippen LogP contribution in [0.15, 0.2) is 0 Å². The lowest BCUT2D eigenvalue weighted by Crippen LogP contribution is -2.54. The number of hydrogen-bond acceptors (Lipinski definition) is 6. The molecule has 13 heteroatoms. The van der Waals surface area contributed by atoms with Gasteiger partial charge in [0.15, 0.2) is 0 Å². The Morgan fingerprint density at radius 1 is 0.964 bits per heavy atom. The smallest absolute Gasteiger partial charge is 0.326 e. The molecule has 0 saturated carbocycles.